The van der Waals surface area contributed by atoms with E-state index < -0.39 is 0 Å². The zero-order chi connectivity index (χ0) is 10.4. The van der Waals surface area contributed by atoms with Crippen LogP contribution >= 0.6 is 0 Å². The van der Waals surface area contributed by atoms with E-state index in [1.54, 1.807) is 0 Å². The Labute approximate surface area is 85.3 Å². The van der Waals surface area contributed by atoms with E-state index in [1.165, 1.54) is 0 Å². The van der Waals surface area contributed by atoms with Crippen molar-refractivity contribution in [2.75, 3.05) is 18.5 Å². The number of nitrogens with two attached hydrogens (primary N) is 1. The van der Waals surface area contributed by atoms with Crippen molar-refractivity contribution in [1.29, 1.82) is 0 Å². The van der Waals surface area contributed by atoms with Crippen molar-refractivity contribution in [1.82, 2.24) is 0 Å². The van der Waals surface area contributed by atoms with E-state index in [4.69, 9.17) is 10.5 Å². The van der Waals surface area contributed by atoms with Crippen LogP contribution in [0.5, 0.6) is 5.75 Å². The molecule has 0 aliphatic heterocycles. The lowest BCUT2D eigenvalue weighted by Crippen LogP contribution is -2.11. The molecule has 0 atom stereocenters. The molecular weight excluding hydrogens is 176 g/mol. The van der Waals surface area contributed by atoms with Crippen molar-refractivity contribution in [3.05, 3.63) is 24.3 Å². The number of anilines is 1. The van der Waals surface area contributed by atoms with Crippen molar-refractivity contribution in [3.63, 3.8) is 0 Å². The molecule has 0 aliphatic carbocycles. The number of benzene rings is 1. The van der Waals surface area contributed by atoms with Gasteiger partial charge in [0.2, 0.25) is 0 Å². The van der Waals surface area contributed by atoms with Crippen LogP contribution in [-0.2, 0) is 0 Å². The van der Waals surface area contributed by atoms with Gasteiger partial charge in [-0.05, 0) is 26.0 Å². The van der Waals surface area contributed by atoms with Gasteiger partial charge in [-0.2, -0.15) is 0 Å². The summed E-state index contributed by atoms with van der Waals surface area (Å²) < 4.78 is 5.41. The molecule has 0 aliphatic rings. The van der Waals surface area contributed by atoms with Crippen LogP contribution in [0.15, 0.2) is 24.3 Å². The summed E-state index contributed by atoms with van der Waals surface area (Å²) >= 11 is 0. The summed E-state index contributed by atoms with van der Waals surface area (Å²) in [4.78, 5) is 0. The summed E-state index contributed by atoms with van der Waals surface area (Å²) in [6, 6.07) is 8.34. The molecule has 0 fully saturated rings. The van der Waals surface area contributed by atoms with Crippen LogP contribution in [0.4, 0.5) is 5.69 Å². The molecule has 0 aromatic heterocycles. The van der Waals surface area contributed by atoms with Gasteiger partial charge in [0.1, 0.15) is 12.4 Å². The van der Waals surface area contributed by atoms with Crippen LogP contribution in [-0.4, -0.2) is 19.2 Å². The molecule has 3 N–H and O–H groups in total. The minimum Gasteiger partial charge on any atom is -0.492 e. The second kappa shape index (κ2) is 5.50. The molecule has 1 aromatic rings. The summed E-state index contributed by atoms with van der Waals surface area (Å²) in [5.74, 6) is 0.862. The first-order chi connectivity index (χ1) is 6.72. The smallest absolute Gasteiger partial charge is 0.121 e. The standard InChI is InChI=1S/C11H18N2O/c1-9(2)13-10-4-3-5-11(8-10)14-7-6-12/h3-5,8-9,13H,6-7,12H2,1-2H3. The summed E-state index contributed by atoms with van der Waals surface area (Å²) in [6.07, 6.45) is 0. The highest BCUT2D eigenvalue weighted by Crippen LogP contribution is 2.17. The predicted molar refractivity (Wildman–Crippen MR) is 59.8 cm³/mol. The first-order valence-electron chi connectivity index (χ1n) is 4.92. The molecule has 3 heteroatoms. The maximum Gasteiger partial charge on any atom is 0.121 e. The van der Waals surface area contributed by atoms with Crippen LogP contribution in [0.1, 0.15) is 13.8 Å². The van der Waals surface area contributed by atoms with Gasteiger partial charge in [-0.3, -0.25) is 0 Å². The molecule has 0 unspecified atom stereocenters. The minimum atomic E-state index is 0.430. The van der Waals surface area contributed by atoms with E-state index in [0.29, 0.717) is 19.2 Å². The molecule has 78 valence electrons. The molecule has 0 amide bonds. The normalized spacial score (nSPS) is 10.3. The predicted octanol–water partition coefficient (Wildman–Crippen LogP) is 1.84. The van der Waals surface area contributed by atoms with Gasteiger partial charge in [-0.25, -0.2) is 0 Å². The Balaban J connectivity index is 2.59. The third-order valence-electron chi connectivity index (χ3n) is 1.68. The largest absolute Gasteiger partial charge is 0.492 e. The SMILES string of the molecule is CC(C)Nc1cccc(OCCN)c1. The third-order valence-corrected chi connectivity index (χ3v) is 1.68. The second-order valence-corrected chi connectivity index (χ2v) is 3.46. The second-order valence-electron chi connectivity index (χ2n) is 3.46. The number of hydrogen-bond acceptors (Lipinski definition) is 3. The number of ether oxygens (including phenoxy) is 1. The van der Waals surface area contributed by atoms with E-state index in [9.17, 15) is 0 Å². The lowest BCUT2D eigenvalue weighted by molar-refractivity contribution is 0.328. The summed E-state index contributed by atoms with van der Waals surface area (Å²) in [5.41, 5.74) is 6.43. The Morgan fingerprint density at radius 2 is 2.21 bits per heavy atom. The highest BCUT2D eigenvalue weighted by molar-refractivity contribution is 5.48. The van der Waals surface area contributed by atoms with Gasteiger partial charge in [0, 0.05) is 24.3 Å². The molecule has 0 bridgehead atoms. The molecule has 0 saturated carbocycles. The summed E-state index contributed by atoms with van der Waals surface area (Å²) in [7, 11) is 0. The van der Waals surface area contributed by atoms with Gasteiger partial charge in [0.05, 0.1) is 0 Å². The molecule has 3 nitrogen and oxygen atoms in total. The Morgan fingerprint density at radius 1 is 1.43 bits per heavy atom. The monoisotopic (exact) mass is 194 g/mol. The lowest BCUT2D eigenvalue weighted by Gasteiger charge is -2.11. The van der Waals surface area contributed by atoms with Crippen LogP contribution in [0.25, 0.3) is 0 Å². The lowest BCUT2D eigenvalue weighted by atomic mass is 10.2. The van der Waals surface area contributed by atoms with E-state index in [1.807, 2.05) is 24.3 Å². The average Bonchev–Trinajstić information content (AvgIpc) is 2.14. The number of nitrogens with one attached hydrogen (secondary N) is 1. The van der Waals surface area contributed by atoms with Crippen molar-refractivity contribution >= 4 is 5.69 Å². The first-order valence-corrected chi connectivity index (χ1v) is 4.92. The van der Waals surface area contributed by atoms with Crippen LogP contribution in [0, 0.1) is 0 Å². The van der Waals surface area contributed by atoms with E-state index in [0.717, 1.165) is 11.4 Å². The van der Waals surface area contributed by atoms with Gasteiger partial charge in [-0.15, -0.1) is 0 Å². The Morgan fingerprint density at radius 3 is 2.86 bits per heavy atom. The number of rotatable bonds is 5. The summed E-state index contributed by atoms with van der Waals surface area (Å²) in [5, 5.41) is 3.31. The van der Waals surface area contributed by atoms with Gasteiger partial charge in [0.25, 0.3) is 0 Å². The number of hydrogen-bond donors (Lipinski definition) is 2. The maximum atomic E-state index is 5.41. The van der Waals surface area contributed by atoms with Crippen molar-refractivity contribution < 1.29 is 4.74 Å². The van der Waals surface area contributed by atoms with Crippen LogP contribution in [0.2, 0.25) is 0 Å². The molecule has 0 saturated heterocycles. The van der Waals surface area contributed by atoms with Gasteiger partial charge >= 0.3 is 0 Å². The first kappa shape index (κ1) is 10.9. The van der Waals surface area contributed by atoms with Gasteiger partial charge in [0.15, 0.2) is 0 Å². The molecular formula is C11H18N2O. The zero-order valence-electron chi connectivity index (χ0n) is 8.79. The molecule has 14 heavy (non-hydrogen) atoms. The van der Waals surface area contributed by atoms with E-state index in [2.05, 4.69) is 19.2 Å². The fraction of sp³-hybridized carbons (Fsp3) is 0.455. The highest BCUT2D eigenvalue weighted by atomic mass is 16.5. The fourth-order valence-electron chi connectivity index (χ4n) is 1.19. The Kier molecular flexibility index (Phi) is 4.26. The quantitative estimate of drug-likeness (QED) is 0.752. The van der Waals surface area contributed by atoms with Crippen LogP contribution in [0.3, 0.4) is 0 Å². The highest BCUT2D eigenvalue weighted by Gasteiger charge is 1.97. The summed E-state index contributed by atoms with van der Waals surface area (Å²) in [6.45, 7) is 5.31. The molecule has 0 radical (unpaired) electrons. The van der Waals surface area contributed by atoms with E-state index in [-0.39, 0.29) is 0 Å². The van der Waals surface area contributed by atoms with E-state index >= 15 is 0 Å². The average molecular weight is 194 g/mol. The van der Waals surface area contributed by atoms with Crippen molar-refractivity contribution in [3.8, 4) is 5.75 Å². The topological polar surface area (TPSA) is 47.3 Å². The van der Waals surface area contributed by atoms with Crippen molar-refractivity contribution in [2.24, 2.45) is 5.73 Å². The van der Waals surface area contributed by atoms with Gasteiger partial charge < -0.3 is 15.8 Å². The van der Waals surface area contributed by atoms with Gasteiger partial charge in [-0.1, -0.05) is 6.07 Å². The Hall–Kier alpha value is -1.22. The fourth-order valence-corrected chi connectivity index (χ4v) is 1.19. The zero-order valence-corrected chi connectivity index (χ0v) is 8.79. The molecule has 1 rings (SSSR count). The molecule has 0 spiro atoms. The maximum absolute atomic E-state index is 5.41. The van der Waals surface area contributed by atoms with Crippen molar-refractivity contribution in [2.45, 2.75) is 19.9 Å². The molecule has 0 heterocycles. The third kappa shape index (κ3) is 3.66. The minimum absolute atomic E-state index is 0.430. The Bertz CT molecular complexity index is 274. The van der Waals surface area contributed by atoms with Crippen LogP contribution < -0.4 is 15.8 Å². The molecule has 1 aromatic carbocycles.